The van der Waals surface area contributed by atoms with E-state index in [1.165, 1.54) is 11.0 Å². The molecule has 0 aliphatic carbocycles. The largest absolute Gasteiger partial charge is 0.456 e. The Balaban J connectivity index is 2.05. The average molecular weight is 283 g/mol. The van der Waals surface area contributed by atoms with Crippen LogP contribution in [-0.2, 0) is 11.3 Å². The van der Waals surface area contributed by atoms with Gasteiger partial charge in [-0.2, -0.15) is 0 Å². The molecule has 1 aliphatic rings. The molecule has 0 spiro atoms. The summed E-state index contributed by atoms with van der Waals surface area (Å²) in [6.07, 6.45) is 0.601. The van der Waals surface area contributed by atoms with E-state index in [1.807, 2.05) is 26.0 Å². The molecule has 0 unspecified atom stereocenters. The molecule has 0 radical (unpaired) electrons. The van der Waals surface area contributed by atoms with Gasteiger partial charge in [-0.3, -0.25) is 19.3 Å². The van der Waals surface area contributed by atoms with Crippen molar-refractivity contribution in [1.29, 1.82) is 0 Å². The molecule has 1 amide bonds. The van der Waals surface area contributed by atoms with Crippen LogP contribution >= 0.6 is 0 Å². The summed E-state index contributed by atoms with van der Waals surface area (Å²) in [5.74, 6) is -0.393. The highest BCUT2D eigenvalue weighted by atomic mass is 16.3. The SMILES string of the molecule is Cc1ccc(C)c2c1C(=O)C(=O)N2Cc1ccc(C=O)o1. The molecule has 0 bridgehead atoms. The summed E-state index contributed by atoms with van der Waals surface area (Å²) in [4.78, 5) is 36.4. The smallest absolute Gasteiger partial charge is 0.299 e. The second kappa shape index (κ2) is 4.70. The molecule has 106 valence electrons. The summed E-state index contributed by atoms with van der Waals surface area (Å²) in [5, 5.41) is 0. The fourth-order valence-corrected chi connectivity index (χ4v) is 2.61. The zero-order valence-corrected chi connectivity index (χ0v) is 11.7. The topological polar surface area (TPSA) is 67.6 Å². The van der Waals surface area contributed by atoms with Gasteiger partial charge in [0.1, 0.15) is 5.76 Å². The van der Waals surface area contributed by atoms with Crippen molar-refractivity contribution >= 4 is 23.7 Å². The van der Waals surface area contributed by atoms with E-state index < -0.39 is 11.7 Å². The molecule has 0 atom stereocenters. The van der Waals surface area contributed by atoms with Crippen LogP contribution in [0.4, 0.5) is 5.69 Å². The van der Waals surface area contributed by atoms with Crippen LogP contribution in [0.2, 0.25) is 0 Å². The second-order valence-corrected chi connectivity index (χ2v) is 5.07. The predicted molar refractivity (Wildman–Crippen MR) is 75.5 cm³/mol. The number of carbonyl (C=O) groups excluding carboxylic acids is 3. The van der Waals surface area contributed by atoms with Gasteiger partial charge in [0.25, 0.3) is 11.7 Å². The maximum absolute atomic E-state index is 12.2. The molecule has 2 aromatic rings. The van der Waals surface area contributed by atoms with Crippen LogP contribution < -0.4 is 4.90 Å². The van der Waals surface area contributed by atoms with Gasteiger partial charge in [-0.1, -0.05) is 12.1 Å². The van der Waals surface area contributed by atoms with Crippen molar-refractivity contribution in [1.82, 2.24) is 0 Å². The lowest BCUT2D eigenvalue weighted by molar-refractivity contribution is -0.114. The first kappa shape index (κ1) is 13.3. The van der Waals surface area contributed by atoms with Crippen molar-refractivity contribution in [3.05, 3.63) is 52.5 Å². The lowest BCUT2D eigenvalue weighted by atomic mass is 10.0. The van der Waals surface area contributed by atoms with Crippen LogP contribution in [0.5, 0.6) is 0 Å². The van der Waals surface area contributed by atoms with Gasteiger partial charge in [-0.05, 0) is 37.1 Å². The Bertz CT molecular complexity index is 773. The highest BCUT2D eigenvalue weighted by molar-refractivity contribution is 6.52. The third kappa shape index (κ3) is 1.98. The first-order valence-corrected chi connectivity index (χ1v) is 6.53. The normalized spacial score (nSPS) is 13.7. The van der Waals surface area contributed by atoms with E-state index in [-0.39, 0.29) is 12.3 Å². The maximum atomic E-state index is 12.2. The van der Waals surface area contributed by atoms with Crippen LogP contribution in [0.1, 0.15) is 37.8 Å². The van der Waals surface area contributed by atoms with E-state index in [9.17, 15) is 14.4 Å². The number of amides is 1. The lowest BCUT2D eigenvalue weighted by Crippen LogP contribution is -2.29. The molecule has 0 fully saturated rings. The van der Waals surface area contributed by atoms with Crippen molar-refractivity contribution in [3.63, 3.8) is 0 Å². The first-order valence-electron chi connectivity index (χ1n) is 6.53. The minimum absolute atomic E-state index is 0.135. The van der Waals surface area contributed by atoms with E-state index in [4.69, 9.17) is 4.42 Å². The summed E-state index contributed by atoms with van der Waals surface area (Å²) in [5.41, 5.74) is 2.73. The number of hydrogen-bond donors (Lipinski definition) is 0. The fraction of sp³-hybridized carbons (Fsp3) is 0.188. The average Bonchev–Trinajstić information content (AvgIpc) is 3.02. The van der Waals surface area contributed by atoms with Crippen LogP contribution in [0.15, 0.2) is 28.7 Å². The maximum Gasteiger partial charge on any atom is 0.299 e. The van der Waals surface area contributed by atoms with Gasteiger partial charge in [0.15, 0.2) is 12.0 Å². The lowest BCUT2D eigenvalue weighted by Gasteiger charge is -2.17. The van der Waals surface area contributed by atoms with Crippen LogP contribution in [0.3, 0.4) is 0 Å². The van der Waals surface area contributed by atoms with Gasteiger partial charge in [0.2, 0.25) is 0 Å². The molecule has 3 rings (SSSR count). The molecule has 0 saturated heterocycles. The van der Waals surface area contributed by atoms with Gasteiger partial charge in [0.05, 0.1) is 17.8 Å². The summed E-state index contributed by atoms with van der Waals surface area (Å²) >= 11 is 0. The summed E-state index contributed by atoms with van der Waals surface area (Å²) < 4.78 is 5.29. The number of benzene rings is 1. The van der Waals surface area contributed by atoms with Crippen molar-refractivity contribution in [3.8, 4) is 0 Å². The Hall–Kier alpha value is -2.69. The molecule has 21 heavy (non-hydrogen) atoms. The molecule has 2 heterocycles. The molecule has 5 heteroatoms. The molecule has 5 nitrogen and oxygen atoms in total. The van der Waals surface area contributed by atoms with Gasteiger partial charge < -0.3 is 4.42 Å². The number of ketones is 1. The standard InChI is InChI=1S/C16H13NO4/c1-9-3-4-10(2)14-13(9)15(19)16(20)17(14)7-11-5-6-12(8-18)21-11/h3-6,8H,7H2,1-2H3. The number of nitrogens with zero attached hydrogens (tertiary/aromatic N) is 1. The number of aldehydes is 1. The zero-order chi connectivity index (χ0) is 15.1. The Kier molecular flexibility index (Phi) is 2.97. The third-order valence-electron chi connectivity index (χ3n) is 3.64. The molecule has 1 aromatic carbocycles. The van der Waals surface area contributed by atoms with Crippen molar-refractivity contribution < 1.29 is 18.8 Å². The number of carbonyl (C=O) groups is 3. The predicted octanol–water partition coefficient (Wildman–Crippen LogP) is 2.44. The van der Waals surface area contributed by atoms with E-state index in [0.29, 0.717) is 23.3 Å². The summed E-state index contributed by atoms with van der Waals surface area (Å²) in [6.45, 7) is 3.80. The Morgan fingerprint density at radius 1 is 1.10 bits per heavy atom. The second-order valence-electron chi connectivity index (χ2n) is 5.07. The number of fused-ring (bicyclic) bond motifs is 1. The van der Waals surface area contributed by atoms with Crippen LogP contribution in [0, 0.1) is 13.8 Å². The van der Waals surface area contributed by atoms with Crippen molar-refractivity contribution in [2.75, 3.05) is 4.90 Å². The first-order chi connectivity index (χ1) is 10.0. The zero-order valence-electron chi connectivity index (χ0n) is 11.7. The van der Waals surface area contributed by atoms with Gasteiger partial charge >= 0.3 is 0 Å². The monoisotopic (exact) mass is 283 g/mol. The van der Waals surface area contributed by atoms with Gasteiger partial charge in [-0.15, -0.1) is 0 Å². The summed E-state index contributed by atoms with van der Waals surface area (Å²) in [7, 11) is 0. The van der Waals surface area contributed by atoms with Crippen LogP contribution in [0.25, 0.3) is 0 Å². The molecule has 1 aromatic heterocycles. The third-order valence-corrected chi connectivity index (χ3v) is 3.64. The number of furan rings is 1. The highest BCUT2D eigenvalue weighted by Crippen LogP contribution is 2.35. The van der Waals surface area contributed by atoms with E-state index >= 15 is 0 Å². The summed E-state index contributed by atoms with van der Waals surface area (Å²) in [6, 6.07) is 6.88. The van der Waals surface area contributed by atoms with E-state index in [2.05, 4.69) is 0 Å². The number of rotatable bonds is 3. The highest BCUT2D eigenvalue weighted by Gasteiger charge is 2.38. The van der Waals surface area contributed by atoms with E-state index in [1.54, 1.807) is 6.07 Å². The fourth-order valence-electron chi connectivity index (χ4n) is 2.61. The van der Waals surface area contributed by atoms with E-state index in [0.717, 1.165) is 11.1 Å². The molecule has 0 N–H and O–H groups in total. The molecular formula is C16H13NO4. The number of anilines is 1. The molecule has 0 saturated carbocycles. The Labute approximate surface area is 121 Å². The van der Waals surface area contributed by atoms with Gasteiger partial charge in [-0.25, -0.2) is 0 Å². The minimum atomic E-state index is -0.563. The number of hydrogen-bond acceptors (Lipinski definition) is 4. The number of Topliss-reactive ketones (excluding diaryl/α,β-unsaturated/α-hetero) is 1. The Morgan fingerprint density at radius 3 is 2.48 bits per heavy atom. The number of aryl methyl sites for hydroxylation is 2. The quantitative estimate of drug-likeness (QED) is 0.641. The van der Waals surface area contributed by atoms with Crippen molar-refractivity contribution in [2.45, 2.75) is 20.4 Å². The van der Waals surface area contributed by atoms with Gasteiger partial charge in [0, 0.05) is 0 Å². The molecular weight excluding hydrogens is 270 g/mol. The molecule has 1 aliphatic heterocycles. The van der Waals surface area contributed by atoms with Crippen molar-refractivity contribution in [2.24, 2.45) is 0 Å². The van der Waals surface area contributed by atoms with Crippen LogP contribution in [-0.4, -0.2) is 18.0 Å². The Morgan fingerprint density at radius 2 is 1.81 bits per heavy atom. The minimum Gasteiger partial charge on any atom is -0.456 e.